The third-order valence-electron chi connectivity index (χ3n) is 4.99. The summed E-state index contributed by atoms with van der Waals surface area (Å²) in [5.74, 6) is -3.00. The number of hydrogen-bond donors (Lipinski definition) is 1. The van der Waals surface area contributed by atoms with E-state index in [-0.39, 0.29) is 34.0 Å². The van der Waals surface area contributed by atoms with E-state index in [2.05, 4.69) is 0 Å². The molecule has 33 heavy (non-hydrogen) atoms. The van der Waals surface area contributed by atoms with Crippen molar-refractivity contribution < 1.29 is 24.0 Å². The molecular weight excluding hydrogens is 543 g/mol. The number of nitro groups is 1. The van der Waals surface area contributed by atoms with Gasteiger partial charge in [0, 0.05) is 15.7 Å². The van der Waals surface area contributed by atoms with Gasteiger partial charge in [0.2, 0.25) is 0 Å². The van der Waals surface area contributed by atoms with E-state index in [1.165, 1.54) is 18.2 Å². The number of non-ortho nitro benzene ring substituents is 1. The molecule has 0 spiro atoms. The number of nitro benzene ring substituents is 1. The zero-order valence-corrected chi connectivity index (χ0v) is 19.6. The van der Waals surface area contributed by atoms with Crippen LogP contribution >= 0.6 is 22.6 Å². The molecular formula is C22H17IN4O6. The van der Waals surface area contributed by atoms with Crippen LogP contribution in [0.1, 0.15) is 11.5 Å². The second-order valence-electron chi connectivity index (χ2n) is 6.73. The van der Waals surface area contributed by atoms with E-state index in [0.29, 0.717) is 9.13 Å². The quantitative estimate of drug-likeness (QED) is 0.252. The molecule has 1 heterocycles. The number of anilines is 1. The SMILES string of the molecule is COC(=O)C1=C(C(=O)OC)N(c2cc([N+](=O)[O-])ccc2I)C(N)=C(C#N)C1c1ccccc1. The van der Waals surface area contributed by atoms with Crippen LogP contribution in [0.5, 0.6) is 0 Å². The number of rotatable bonds is 5. The van der Waals surface area contributed by atoms with Gasteiger partial charge < -0.3 is 15.2 Å². The number of allylic oxidation sites excluding steroid dienone is 1. The zero-order valence-electron chi connectivity index (χ0n) is 17.4. The zero-order chi connectivity index (χ0) is 24.3. The van der Waals surface area contributed by atoms with Crippen LogP contribution in [0.4, 0.5) is 11.4 Å². The molecule has 0 bridgehead atoms. The van der Waals surface area contributed by atoms with E-state index >= 15 is 0 Å². The summed E-state index contributed by atoms with van der Waals surface area (Å²) >= 11 is 1.91. The summed E-state index contributed by atoms with van der Waals surface area (Å²) in [6, 6.07) is 14.5. The smallest absolute Gasteiger partial charge is 0.355 e. The highest BCUT2D eigenvalue weighted by atomic mass is 127. The minimum atomic E-state index is -1.02. The van der Waals surface area contributed by atoms with Crippen LogP contribution in [0.25, 0.3) is 0 Å². The van der Waals surface area contributed by atoms with Gasteiger partial charge in [-0.2, -0.15) is 5.26 Å². The highest BCUT2D eigenvalue weighted by Gasteiger charge is 2.43. The Morgan fingerprint density at radius 2 is 1.79 bits per heavy atom. The second kappa shape index (κ2) is 9.70. The summed E-state index contributed by atoms with van der Waals surface area (Å²) in [7, 11) is 2.26. The number of esters is 2. The maximum Gasteiger partial charge on any atom is 0.355 e. The Kier molecular flexibility index (Phi) is 6.98. The largest absolute Gasteiger partial charge is 0.466 e. The summed E-state index contributed by atoms with van der Waals surface area (Å²) in [5.41, 5.74) is 6.26. The topological polar surface area (TPSA) is 149 Å². The van der Waals surface area contributed by atoms with Gasteiger partial charge in [0.15, 0.2) is 0 Å². The number of hydrogen-bond acceptors (Lipinski definition) is 9. The maximum atomic E-state index is 13.0. The Morgan fingerprint density at radius 1 is 1.15 bits per heavy atom. The van der Waals surface area contributed by atoms with E-state index in [1.807, 2.05) is 28.7 Å². The fourth-order valence-electron chi connectivity index (χ4n) is 3.55. The lowest BCUT2D eigenvalue weighted by atomic mass is 9.81. The summed E-state index contributed by atoms with van der Waals surface area (Å²) in [4.78, 5) is 37.9. The van der Waals surface area contributed by atoms with Crippen LogP contribution in [-0.2, 0) is 19.1 Å². The van der Waals surface area contributed by atoms with E-state index < -0.39 is 22.8 Å². The first-order valence-corrected chi connectivity index (χ1v) is 10.4. The Labute approximate surface area is 202 Å². The molecule has 2 N–H and O–H groups in total. The van der Waals surface area contributed by atoms with Crippen molar-refractivity contribution in [1.29, 1.82) is 5.26 Å². The fourth-order valence-corrected chi connectivity index (χ4v) is 4.13. The molecule has 0 aliphatic carbocycles. The molecule has 0 radical (unpaired) electrons. The first-order valence-electron chi connectivity index (χ1n) is 9.36. The first-order chi connectivity index (χ1) is 15.8. The average molecular weight is 560 g/mol. The molecule has 2 aromatic rings. The van der Waals surface area contributed by atoms with Crippen LogP contribution < -0.4 is 10.6 Å². The summed E-state index contributed by atoms with van der Waals surface area (Å²) in [5, 5.41) is 21.4. The summed E-state index contributed by atoms with van der Waals surface area (Å²) < 4.78 is 10.4. The lowest BCUT2D eigenvalue weighted by molar-refractivity contribution is -0.384. The maximum absolute atomic E-state index is 13.0. The number of nitriles is 1. The first kappa shape index (κ1) is 23.7. The Morgan fingerprint density at radius 3 is 2.33 bits per heavy atom. The molecule has 168 valence electrons. The van der Waals surface area contributed by atoms with E-state index in [9.17, 15) is 25.0 Å². The van der Waals surface area contributed by atoms with E-state index in [1.54, 1.807) is 30.3 Å². The highest BCUT2D eigenvalue weighted by Crippen LogP contribution is 2.44. The minimum absolute atomic E-state index is 0.0310. The molecule has 0 fully saturated rings. The highest BCUT2D eigenvalue weighted by molar-refractivity contribution is 14.1. The van der Waals surface area contributed by atoms with Crippen molar-refractivity contribution in [1.82, 2.24) is 0 Å². The third-order valence-corrected chi connectivity index (χ3v) is 5.90. The Hall–Kier alpha value is -3.92. The van der Waals surface area contributed by atoms with Crippen molar-refractivity contribution >= 4 is 45.9 Å². The number of ether oxygens (including phenoxy) is 2. The van der Waals surface area contributed by atoms with Crippen molar-refractivity contribution in [3.8, 4) is 6.07 Å². The molecule has 1 aliphatic heterocycles. The van der Waals surface area contributed by atoms with Crippen molar-refractivity contribution in [2.45, 2.75) is 5.92 Å². The van der Waals surface area contributed by atoms with E-state index in [0.717, 1.165) is 19.1 Å². The van der Waals surface area contributed by atoms with Gasteiger partial charge in [0.25, 0.3) is 5.69 Å². The fraction of sp³-hybridized carbons (Fsp3) is 0.136. The number of carbonyl (C=O) groups excluding carboxylic acids is 2. The molecule has 1 atom stereocenters. The van der Waals surface area contributed by atoms with Crippen molar-refractivity contribution in [2.75, 3.05) is 19.1 Å². The number of benzene rings is 2. The van der Waals surface area contributed by atoms with Crippen molar-refractivity contribution in [2.24, 2.45) is 5.73 Å². The van der Waals surface area contributed by atoms with Gasteiger partial charge in [-0.15, -0.1) is 0 Å². The molecule has 1 unspecified atom stereocenters. The van der Waals surface area contributed by atoms with Gasteiger partial charge in [-0.3, -0.25) is 15.0 Å². The normalized spacial score (nSPS) is 15.7. The monoisotopic (exact) mass is 560 g/mol. The number of carbonyl (C=O) groups is 2. The van der Waals surface area contributed by atoms with Gasteiger partial charge in [0.05, 0.1) is 48.0 Å². The molecule has 0 amide bonds. The van der Waals surface area contributed by atoms with Crippen molar-refractivity contribution in [3.63, 3.8) is 0 Å². The Balaban J connectivity index is 2.46. The number of halogens is 1. The second-order valence-corrected chi connectivity index (χ2v) is 7.89. The molecule has 0 saturated carbocycles. The molecule has 11 heteroatoms. The van der Waals surface area contributed by atoms with Gasteiger partial charge in [-0.05, 0) is 34.2 Å². The van der Waals surface area contributed by atoms with Gasteiger partial charge in [0.1, 0.15) is 11.5 Å². The standard InChI is InChI=1S/C22H17IN4O6/c1-32-21(28)18-17(12-6-4-3-5-7-12)14(11-24)20(25)26(19(18)22(29)33-2)16-10-13(27(30)31)8-9-15(16)23/h3-10,17H,25H2,1-2H3. The number of nitrogens with zero attached hydrogens (tertiary/aromatic N) is 3. The lowest BCUT2D eigenvalue weighted by Crippen LogP contribution is -2.41. The van der Waals surface area contributed by atoms with Gasteiger partial charge in [-0.25, -0.2) is 9.59 Å². The Bertz CT molecular complexity index is 1250. The lowest BCUT2D eigenvalue weighted by Gasteiger charge is -2.36. The predicted octanol–water partition coefficient (Wildman–Crippen LogP) is 3.10. The van der Waals surface area contributed by atoms with Crippen LogP contribution in [0.15, 0.2) is 71.2 Å². The number of methoxy groups -OCH3 is 2. The third kappa shape index (κ3) is 4.24. The molecule has 0 saturated heterocycles. The predicted molar refractivity (Wildman–Crippen MR) is 125 cm³/mol. The molecule has 2 aromatic carbocycles. The minimum Gasteiger partial charge on any atom is -0.466 e. The molecule has 1 aliphatic rings. The van der Waals surface area contributed by atoms with Crippen LogP contribution in [-0.4, -0.2) is 31.1 Å². The molecule has 0 aromatic heterocycles. The summed E-state index contributed by atoms with van der Waals surface area (Å²) in [6.07, 6.45) is 0. The van der Waals surface area contributed by atoms with Gasteiger partial charge >= 0.3 is 11.9 Å². The van der Waals surface area contributed by atoms with Crippen molar-refractivity contribution in [3.05, 3.63) is 90.4 Å². The summed E-state index contributed by atoms with van der Waals surface area (Å²) in [6.45, 7) is 0. The van der Waals surface area contributed by atoms with Gasteiger partial charge in [-0.1, -0.05) is 30.3 Å². The molecule has 10 nitrogen and oxygen atoms in total. The van der Waals surface area contributed by atoms with E-state index in [4.69, 9.17) is 15.2 Å². The molecule has 3 rings (SSSR count). The number of nitrogens with two attached hydrogens (primary N) is 1. The average Bonchev–Trinajstić information content (AvgIpc) is 2.83. The van der Waals surface area contributed by atoms with Crippen LogP contribution in [0, 0.1) is 25.0 Å². The van der Waals surface area contributed by atoms with Crippen LogP contribution in [0.3, 0.4) is 0 Å². The van der Waals surface area contributed by atoms with Crippen LogP contribution in [0.2, 0.25) is 0 Å².